The fraction of sp³-hybridized carbons (Fsp3) is 0.333. The maximum absolute atomic E-state index is 14.0. The van der Waals surface area contributed by atoms with Crippen molar-refractivity contribution >= 4 is 11.9 Å². The number of carbonyl (C=O) groups excluding carboxylic acids is 2. The number of nitrogens with zero attached hydrogens (tertiary/aromatic N) is 3. The van der Waals surface area contributed by atoms with Crippen molar-refractivity contribution < 1.29 is 18.4 Å². The molecule has 2 heterocycles. The van der Waals surface area contributed by atoms with E-state index in [1.165, 1.54) is 4.90 Å². The number of carbonyl (C=O) groups is 2. The maximum atomic E-state index is 14.0. The number of likely N-dealkylation sites (N-methyl/N-ethyl adjacent to an activating group) is 1. The normalized spacial score (nSPS) is 22.0. The average Bonchev–Trinajstić information content (AvgIpc) is 2.98. The molecular weight excluding hydrogens is 364 g/mol. The van der Waals surface area contributed by atoms with Crippen LogP contribution in [0, 0.1) is 11.6 Å². The van der Waals surface area contributed by atoms with Gasteiger partial charge in [-0.3, -0.25) is 4.79 Å². The van der Waals surface area contributed by atoms with Crippen LogP contribution < -0.4 is 0 Å². The van der Waals surface area contributed by atoms with Crippen molar-refractivity contribution in [3.63, 3.8) is 0 Å². The van der Waals surface area contributed by atoms with Gasteiger partial charge in [-0.25, -0.2) is 13.6 Å². The van der Waals surface area contributed by atoms with Crippen LogP contribution in [0.3, 0.4) is 0 Å². The Bertz CT molecular complexity index is 906. The summed E-state index contributed by atoms with van der Waals surface area (Å²) in [5.74, 6) is -1.20. The Labute approximate surface area is 162 Å². The molecule has 2 aliphatic heterocycles. The number of amides is 3. The second-order valence-electron chi connectivity index (χ2n) is 7.38. The van der Waals surface area contributed by atoms with Gasteiger partial charge in [0.1, 0.15) is 17.7 Å². The summed E-state index contributed by atoms with van der Waals surface area (Å²) in [7, 11) is 1.73. The van der Waals surface area contributed by atoms with Crippen LogP contribution in [0.2, 0.25) is 0 Å². The van der Waals surface area contributed by atoms with E-state index in [0.717, 1.165) is 23.8 Å². The number of rotatable bonds is 4. The molecule has 0 spiro atoms. The Kier molecular flexibility index (Phi) is 4.75. The second-order valence-corrected chi connectivity index (χ2v) is 7.38. The predicted molar refractivity (Wildman–Crippen MR) is 99.4 cm³/mol. The van der Waals surface area contributed by atoms with Gasteiger partial charge in [-0.05, 0) is 23.8 Å². The van der Waals surface area contributed by atoms with Crippen LogP contribution in [0.25, 0.3) is 0 Å². The highest BCUT2D eigenvalue weighted by atomic mass is 19.1. The van der Waals surface area contributed by atoms with Gasteiger partial charge < -0.3 is 14.7 Å². The molecule has 0 N–H and O–H groups in total. The quantitative estimate of drug-likeness (QED) is 0.812. The van der Waals surface area contributed by atoms with Gasteiger partial charge in [-0.1, -0.05) is 30.3 Å². The first-order valence-electron chi connectivity index (χ1n) is 9.24. The Morgan fingerprint density at radius 3 is 2.54 bits per heavy atom. The summed E-state index contributed by atoms with van der Waals surface area (Å²) in [4.78, 5) is 30.6. The van der Waals surface area contributed by atoms with Gasteiger partial charge in [0.05, 0.1) is 12.6 Å². The van der Waals surface area contributed by atoms with Crippen molar-refractivity contribution in [2.45, 2.75) is 25.0 Å². The summed E-state index contributed by atoms with van der Waals surface area (Å²) in [5, 5.41) is 0. The molecule has 146 valence electrons. The third kappa shape index (κ3) is 3.32. The van der Waals surface area contributed by atoms with E-state index in [1.807, 2.05) is 30.3 Å². The topological polar surface area (TPSA) is 43.9 Å². The molecular formula is C21H21F2N3O2. The van der Waals surface area contributed by atoms with Crippen molar-refractivity contribution in [2.75, 3.05) is 20.1 Å². The molecule has 0 saturated carbocycles. The number of benzene rings is 2. The number of hydrogen-bond acceptors (Lipinski definition) is 2. The summed E-state index contributed by atoms with van der Waals surface area (Å²) in [6.07, 6.45) is 0.425. The zero-order valence-electron chi connectivity index (χ0n) is 15.5. The number of hydrogen-bond donors (Lipinski definition) is 0. The van der Waals surface area contributed by atoms with Crippen LogP contribution >= 0.6 is 0 Å². The minimum Gasteiger partial charge on any atom is -0.342 e. The Balaban J connectivity index is 1.58. The molecule has 0 bridgehead atoms. The van der Waals surface area contributed by atoms with Gasteiger partial charge >= 0.3 is 6.03 Å². The van der Waals surface area contributed by atoms with Gasteiger partial charge in [0, 0.05) is 32.1 Å². The standard InChI is InChI=1S/C21H21F2N3O2/c1-24-12-17-13-25(11-15-10-16(22)7-8-18(15)23)21(28)26(17)19(20(24)27)9-14-5-3-2-4-6-14/h2-8,10,17,19H,9,11-13H2,1H3/t17-,19+/m1/s1. The molecule has 0 aliphatic carbocycles. The van der Waals surface area contributed by atoms with E-state index in [1.54, 1.807) is 16.8 Å². The van der Waals surface area contributed by atoms with Crippen molar-refractivity contribution in [3.05, 3.63) is 71.3 Å². The molecule has 4 rings (SSSR count). The summed E-state index contributed by atoms with van der Waals surface area (Å²) < 4.78 is 27.5. The summed E-state index contributed by atoms with van der Waals surface area (Å²) in [5.41, 5.74) is 1.10. The van der Waals surface area contributed by atoms with Crippen molar-refractivity contribution in [1.82, 2.24) is 14.7 Å². The number of urea groups is 1. The molecule has 0 radical (unpaired) electrons. The molecule has 2 saturated heterocycles. The fourth-order valence-electron chi connectivity index (χ4n) is 4.08. The highest BCUT2D eigenvalue weighted by Gasteiger charge is 2.48. The fourth-order valence-corrected chi connectivity index (χ4v) is 4.08. The van der Waals surface area contributed by atoms with Crippen molar-refractivity contribution in [1.29, 1.82) is 0 Å². The third-order valence-electron chi connectivity index (χ3n) is 5.44. The summed E-state index contributed by atoms with van der Waals surface area (Å²) >= 11 is 0. The van der Waals surface area contributed by atoms with Crippen LogP contribution in [0.5, 0.6) is 0 Å². The lowest BCUT2D eigenvalue weighted by Crippen LogP contribution is -2.60. The molecule has 5 nitrogen and oxygen atoms in total. The van der Waals surface area contributed by atoms with Gasteiger partial charge in [0.2, 0.25) is 5.91 Å². The van der Waals surface area contributed by atoms with Crippen molar-refractivity contribution in [3.8, 4) is 0 Å². The smallest absolute Gasteiger partial charge is 0.321 e. The highest BCUT2D eigenvalue weighted by molar-refractivity contribution is 5.90. The first-order valence-corrected chi connectivity index (χ1v) is 9.24. The molecule has 0 aromatic heterocycles. The lowest BCUT2D eigenvalue weighted by Gasteiger charge is -2.40. The predicted octanol–water partition coefficient (Wildman–Crippen LogP) is 2.65. The van der Waals surface area contributed by atoms with E-state index in [0.29, 0.717) is 19.5 Å². The SMILES string of the molecule is CN1C[C@@H]2CN(Cc3cc(F)ccc3F)C(=O)N2[C@@H](Cc2ccccc2)C1=O. The molecule has 7 heteroatoms. The molecule has 2 aromatic carbocycles. The van der Waals surface area contributed by atoms with Crippen LogP contribution in [-0.4, -0.2) is 58.9 Å². The van der Waals surface area contributed by atoms with Crippen molar-refractivity contribution in [2.24, 2.45) is 0 Å². The molecule has 2 fully saturated rings. The largest absolute Gasteiger partial charge is 0.342 e. The molecule has 0 unspecified atom stereocenters. The molecule has 2 aliphatic rings. The van der Waals surface area contributed by atoms with Crippen LogP contribution in [0.15, 0.2) is 48.5 Å². The number of fused-ring (bicyclic) bond motifs is 1. The first-order chi connectivity index (χ1) is 13.4. The van der Waals surface area contributed by atoms with Gasteiger partial charge in [-0.15, -0.1) is 0 Å². The lowest BCUT2D eigenvalue weighted by molar-refractivity contribution is -0.139. The Hall–Kier alpha value is -2.96. The zero-order valence-corrected chi connectivity index (χ0v) is 15.5. The van der Waals surface area contributed by atoms with Crippen LogP contribution in [0.4, 0.5) is 13.6 Å². The maximum Gasteiger partial charge on any atom is 0.321 e. The minimum atomic E-state index is -0.596. The molecule has 28 heavy (non-hydrogen) atoms. The summed E-state index contributed by atoms with van der Waals surface area (Å²) in [6, 6.07) is 11.7. The number of halogens is 2. The average molecular weight is 385 g/mol. The van der Waals surface area contributed by atoms with Gasteiger partial charge in [-0.2, -0.15) is 0 Å². The van der Waals surface area contributed by atoms with E-state index < -0.39 is 17.7 Å². The lowest BCUT2D eigenvalue weighted by atomic mass is 9.99. The molecule has 2 aromatic rings. The molecule has 3 amide bonds. The Morgan fingerprint density at radius 1 is 1.04 bits per heavy atom. The molecule has 2 atom stereocenters. The van der Waals surface area contributed by atoms with E-state index in [9.17, 15) is 18.4 Å². The monoisotopic (exact) mass is 385 g/mol. The third-order valence-corrected chi connectivity index (χ3v) is 5.44. The van der Waals surface area contributed by atoms with Gasteiger partial charge in [0.15, 0.2) is 0 Å². The minimum absolute atomic E-state index is 0.0224. The highest BCUT2D eigenvalue weighted by Crippen LogP contribution is 2.28. The number of piperazine rings is 1. The van der Waals surface area contributed by atoms with Crippen LogP contribution in [0.1, 0.15) is 11.1 Å². The van der Waals surface area contributed by atoms with Gasteiger partial charge in [0.25, 0.3) is 0 Å². The van der Waals surface area contributed by atoms with E-state index in [-0.39, 0.29) is 30.1 Å². The van der Waals surface area contributed by atoms with Crippen LogP contribution in [-0.2, 0) is 17.8 Å². The Morgan fingerprint density at radius 2 is 1.79 bits per heavy atom. The zero-order chi connectivity index (χ0) is 19.8. The first kappa shape index (κ1) is 18.4. The van der Waals surface area contributed by atoms with E-state index in [4.69, 9.17) is 0 Å². The van der Waals surface area contributed by atoms with E-state index in [2.05, 4.69) is 0 Å². The van der Waals surface area contributed by atoms with E-state index >= 15 is 0 Å². The second kappa shape index (κ2) is 7.22. The summed E-state index contributed by atoms with van der Waals surface area (Å²) in [6.45, 7) is 0.779.